The summed E-state index contributed by atoms with van der Waals surface area (Å²) in [5.74, 6) is 1.22. The van der Waals surface area contributed by atoms with Crippen molar-refractivity contribution >= 4 is 17.1 Å². The fourth-order valence-electron chi connectivity index (χ4n) is 5.81. The molecule has 1 aliphatic carbocycles. The molecule has 0 atom stereocenters. The van der Waals surface area contributed by atoms with Crippen LogP contribution in [0, 0.1) is 0 Å². The molecule has 5 aromatic rings. The van der Waals surface area contributed by atoms with Gasteiger partial charge in [0.15, 0.2) is 25.1 Å². The number of rotatable bonds is 10. The van der Waals surface area contributed by atoms with Crippen molar-refractivity contribution < 1.29 is 18.9 Å². The van der Waals surface area contributed by atoms with E-state index in [1.165, 1.54) is 22.3 Å². The van der Waals surface area contributed by atoms with E-state index in [0.717, 1.165) is 28.2 Å². The number of hydrogen-bond acceptors (Lipinski definition) is 5. The fourth-order valence-corrected chi connectivity index (χ4v) is 5.81. The van der Waals surface area contributed by atoms with E-state index in [0.29, 0.717) is 11.5 Å². The van der Waals surface area contributed by atoms with Crippen LogP contribution >= 0.6 is 0 Å². The largest absolute Gasteiger partial charge is 0.464 e. The predicted molar refractivity (Wildman–Crippen MR) is 169 cm³/mol. The minimum Gasteiger partial charge on any atom is -0.464 e. The van der Waals surface area contributed by atoms with Crippen LogP contribution in [0.25, 0.3) is 22.3 Å². The minimum atomic E-state index is -0.188. The number of benzene rings is 5. The molecule has 0 bridgehead atoms. The number of fused-ring (bicyclic) bond motifs is 3. The molecule has 0 aliphatic heterocycles. The lowest BCUT2D eigenvalue weighted by Gasteiger charge is -2.28. The summed E-state index contributed by atoms with van der Waals surface area (Å²) >= 11 is 0. The second-order valence-corrected chi connectivity index (χ2v) is 10.9. The average Bonchev–Trinajstić information content (AvgIpc) is 3.25. The Labute approximate surface area is 247 Å². The van der Waals surface area contributed by atoms with Crippen LogP contribution in [-0.4, -0.2) is 27.8 Å². The Kier molecular flexibility index (Phi) is 7.70. The van der Waals surface area contributed by atoms with Crippen LogP contribution in [0.4, 0.5) is 17.1 Å². The van der Waals surface area contributed by atoms with Gasteiger partial charge in [-0.1, -0.05) is 74.5 Å². The van der Waals surface area contributed by atoms with E-state index in [1.807, 2.05) is 12.1 Å². The molecule has 0 amide bonds. The molecule has 0 radical (unpaired) electrons. The molecular formula is C37H35NO4. The van der Waals surface area contributed by atoms with E-state index in [4.69, 9.17) is 18.9 Å². The van der Waals surface area contributed by atoms with Gasteiger partial charge in [-0.05, 0) is 88.0 Å². The summed E-state index contributed by atoms with van der Waals surface area (Å²) in [6.07, 6.45) is 0. The van der Waals surface area contributed by atoms with Gasteiger partial charge in [0, 0.05) is 36.7 Å². The number of anilines is 3. The van der Waals surface area contributed by atoms with Crippen molar-refractivity contribution in [3.63, 3.8) is 0 Å². The van der Waals surface area contributed by atoms with Crippen LogP contribution in [0.2, 0.25) is 0 Å². The molecule has 5 aromatic carbocycles. The molecule has 5 nitrogen and oxygen atoms in total. The zero-order valence-electron chi connectivity index (χ0n) is 24.5. The Morgan fingerprint density at radius 3 is 1.67 bits per heavy atom. The van der Waals surface area contributed by atoms with E-state index in [-0.39, 0.29) is 19.0 Å². The van der Waals surface area contributed by atoms with Crippen LogP contribution in [0.5, 0.6) is 11.5 Å². The van der Waals surface area contributed by atoms with Gasteiger partial charge in [-0.15, -0.1) is 0 Å². The molecule has 0 fully saturated rings. The van der Waals surface area contributed by atoms with Gasteiger partial charge in [0.2, 0.25) is 0 Å². The maximum Gasteiger partial charge on any atom is 0.188 e. The maximum atomic E-state index is 5.83. The lowest BCUT2D eigenvalue weighted by Crippen LogP contribution is -2.16. The molecule has 0 spiro atoms. The van der Waals surface area contributed by atoms with Crippen LogP contribution in [0.1, 0.15) is 25.0 Å². The molecule has 0 aromatic heterocycles. The van der Waals surface area contributed by atoms with Gasteiger partial charge in [0.05, 0.1) is 0 Å². The first-order valence-corrected chi connectivity index (χ1v) is 14.1. The Morgan fingerprint density at radius 2 is 1.05 bits per heavy atom. The molecule has 5 heteroatoms. The summed E-state index contributed by atoms with van der Waals surface area (Å²) in [7, 11) is 3.20. The van der Waals surface area contributed by atoms with Crippen molar-refractivity contribution in [2.24, 2.45) is 0 Å². The normalized spacial score (nSPS) is 12.9. The molecular weight excluding hydrogens is 522 g/mol. The summed E-state index contributed by atoms with van der Waals surface area (Å²) in [6.45, 7) is 4.90. The number of ether oxygens (including phenoxy) is 4. The molecule has 0 N–H and O–H groups in total. The molecule has 0 unspecified atom stereocenters. The summed E-state index contributed by atoms with van der Waals surface area (Å²) in [5.41, 5.74) is 10.5. The van der Waals surface area contributed by atoms with E-state index in [9.17, 15) is 0 Å². The van der Waals surface area contributed by atoms with Crippen LogP contribution in [0.3, 0.4) is 0 Å². The van der Waals surface area contributed by atoms with Crippen LogP contribution in [-0.2, 0) is 14.9 Å². The van der Waals surface area contributed by atoms with Crippen molar-refractivity contribution in [2.75, 3.05) is 32.7 Å². The lowest BCUT2D eigenvalue weighted by atomic mass is 9.81. The van der Waals surface area contributed by atoms with Crippen molar-refractivity contribution in [3.8, 4) is 33.8 Å². The maximum absolute atomic E-state index is 5.83. The smallest absolute Gasteiger partial charge is 0.188 e. The molecule has 0 heterocycles. The Bertz CT molecular complexity index is 1640. The highest BCUT2D eigenvalue weighted by atomic mass is 16.7. The first kappa shape index (κ1) is 27.6. The van der Waals surface area contributed by atoms with Crippen molar-refractivity contribution in [2.45, 2.75) is 19.3 Å². The molecule has 1 aliphatic rings. The van der Waals surface area contributed by atoms with Gasteiger partial charge in [-0.3, -0.25) is 0 Å². The molecule has 6 rings (SSSR count). The zero-order chi connectivity index (χ0) is 29.1. The number of methoxy groups -OCH3 is 2. The standard InChI is InChI=1S/C37H35NO4/c1-37(2)33-21-26(27-16-20-35(41-24-39-3)36(22-27)42-25-40-4)15-18-31(33)32-19-17-30(23-34(32)37)38(28-11-7-5-8-12-28)29-13-9-6-10-14-29/h5-23H,24-25H2,1-4H3. The van der Waals surface area contributed by atoms with Gasteiger partial charge < -0.3 is 23.8 Å². The molecule has 0 saturated carbocycles. The summed E-state index contributed by atoms with van der Waals surface area (Å²) in [4.78, 5) is 2.32. The topological polar surface area (TPSA) is 40.2 Å². The third-order valence-electron chi connectivity index (χ3n) is 7.89. The van der Waals surface area contributed by atoms with Crippen molar-refractivity contribution in [1.82, 2.24) is 0 Å². The van der Waals surface area contributed by atoms with Gasteiger partial charge in [-0.25, -0.2) is 0 Å². The van der Waals surface area contributed by atoms with Crippen LogP contribution < -0.4 is 14.4 Å². The fraction of sp³-hybridized carbons (Fsp3) is 0.189. The SMILES string of the molecule is COCOc1ccc(-c2ccc3c(c2)C(C)(C)c2cc(N(c4ccccc4)c4ccccc4)ccc2-3)cc1OCOC. The highest BCUT2D eigenvalue weighted by molar-refractivity contribution is 5.87. The van der Waals surface area contributed by atoms with E-state index >= 15 is 0 Å². The third kappa shape index (κ3) is 5.13. The van der Waals surface area contributed by atoms with E-state index in [2.05, 4.69) is 122 Å². The van der Waals surface area contributed by atoms with Gasteiger partial charge >= 0.3 is 0 Å². The van der Waals surface area contributed by atoms with Gasteiger partial charge in [-0.2, -0.15) is 0 Å². The third-order valence-corrected chi connectivity index (χ3v) is 7.89. The summed E-state index contributed by atoms with van der Waals surface area (Å²) in [6, 6.07) is 40.6. The molecule has 0 saturated heterocycles. The first-order chi connectivity index (χ1) is 20.5. The van der Waals surface area contributed by atoms with Crippen LogP contribution in [0.15, 0.2) is 115 Å². The Hall–Kier alpha value is -4.58. The first-order valence-electron chi connectivity index (χ1n) is 14.1. The highest BCUT2D eigenvalue weighted by Gasteiger charge is 2.36. The predicted octanol–water partition coefficient (Wildman–Crippen LogP) is 9.10. The number of para-hydroxylation sites is 2. The second-order valence-electron chi connectivity index (χ2n) is 10.9. The van der Waals surface area contributed by atoms with Crippen molar-refractivity contribution in [1.29, 1.82) is 0 Å². The van der Waals surface area contributed by atoms with Crippen molar-refractivity contribution in [3.05, 3.63) is 126 Å². The second kappa shape index (κ2) is 11.7. The quantitative estimate of drug-likeness (QED) is 0.160. The summed E-state index contributed by atoms with van der Waals surface area (Å²) in [5, 5.41) is 0. The monoisotopic (exact) mass is 557 g/mol. The number of nitrogens with zero attached hydrogens (tertiary/aromatic N) is 1. The molecule has 42 heavy (non-hydrogen) atoms. The lowest BCUT2D eigenvalue weighted by molar-refractivity contribution is 0.0323. The summed E-state index contributed by atoms with van der Waals surface area (Å²) < 4.78 is 21.8. The van der Waals surface area contributed by atoms with Gasteiger partial charge in [0.25, 0.3) is 0 Å². The highest BCUT2D eigenvalue weighted by Crippen LogP contribution is 2.51. The average molecular weight is 558 g/mol. The molecule has 212 valence electrons. The zero-order valence-corrected chi connectivity index (χ0v) is 24.5. The van der Waals surface area contributed by atoms with Gasteiger partial charge in [0.1, 0.15) is 0 Å². The van der Waals surface area contributed by atoms with E-state index in [1.54, 1.807) is 14.2 Å². The Morgan fingerprint density at radius 1 is 0.524 bits per heavy atom. The number of hydrogen-bond donors (Lipinski definition) is 0. The van der Waals surface area contributed by atoms with E-state index < -0.39 is 0 Å². The minimum absolute atomic E-state index is 0.130. The Balaban J connectivity index is 1.39.